The molecule has 1 saturated carbocycles. The molecule has 3 amide bonds. The van der Waals surface area contributed by atoms with Crippen molar-refractivity contribution in [1.82, 2.24) is 20.5 Å². The fourth-order valence-electron chi connectivity index (χ4n) is 4.84. The molecule has 0 radical (unpaired) electrons. The van der Waals surface area contributed by atoms with Crippen molar-refractivity contribution in [3.05, 3.63) is 59.7 Å². The second-order valence-corrected chi connectivity index (χ2v) is 10.4. The molecule has 1 fully saturated rings. The van der Waals surface area contributed by atoms with Gasteiger partial charge < -0.3 is 25.4 Å². The lowest BCUT2D eigenvalue weighted by Crippen LogP contribution is -2.58. The molecule has 0 unspecified atom stereocenters. The van der Waals surface area contributed by atoms with E-state index in [0.29, 0.717) is 32.5 Å². The molecular formula is C29H39N5O5. The Kier molecular flexibility index (Phi) is 9.42. The standard InChI is InChI=1S/C29H39N5O5/c1-19-27(36)32-24(18-20-9-13-23(35)14-10-20)28(37)31-15-5-7-21-6-3-4-8-25(21)39-17-16-34(30)26(22-11-12-22)29(38)33(19)2/h3-4,6,8-10,13-14,19,22,24,26,35H,5,7,11-12,15-18,30H2,1-2H3,(H,31,37)(H,32,36)/t19-,24-,26+/m1/s1. The summed E-state index contributed by atoms with van der Waals surface area (Å²) < 4.78 is 6.05. The summed E-state index contributed by atoms with van der Waals surface area (Å²) in [5.74, 6) is 6.43. The number of hydrogen-bond donors (Lipinski definition) is 4. The number of phenolic OH excluding ortho intramolecular Hbond substituents is 1. The molecular weight excluding hydrogens is 498 g/mol. The number of nitrogens with two attached hydrogens (primary N) is 1. The van der Waals surface area contributed by atoms with E-state index < -0.39 is 24.0 Å². The summed E-state index contributed by atoms with van der Waals surface area (Å²) in [5, 5.41) is 17.0. The number of nitrogens with zero attached hydrogens (tertiary/aromatic N) is 2. The van der Waals surface area contributed by atoms with Gasteiger partial charge in [-0.25, -0.2) is 5.01 Å². The third-order valence-corrected chi connectivity index (χ3v) is 7.50. The topological polar surface area (TPSA) is 137 Å². The van der Waals surface area contributed by atoms with Crippen LogP contribution in [0.1, 0.15) is 37.3 Å². The van der Waals surface area contributed by atoms with Crippen molar-refractivity contribution >= 4 is 17.7 Å². The summed E-state index contributed by atoms with van der Waals surface area (Å²) in [4.78, 5) is 41.4. The highest BCUT2D eigenvalue weighted by Gasteiger charge is 2.42. The van der Waals surface area contributed by atoms with E-state index >= 15 is 0 Å². The van der Waals surface area contributed by atoms with E-state index in [-0.39, 0.29) is 29.9 Å². The van der Waals surface area contributed by atoms with Gasteiger partial charge in [-0.2, -0.15) is 0 Å². The predicted octanol–water partition coefficient (Wildman–Crippen LogP) is 1.36. The fourth-order valence-corrected chi connectivity index (χ4v) is 4.84. The number of hydrazine groups is 1. The molecule has 1 aliphatic heterocycles. The number of ether oxygens (including phenoxy) is 1. The average Bonchev–Trinajstić information content (AvgIpc) is 3.76. The van der Waals surface area contributed by atoms with Gasteiger partial charge in [0.25, 0.3) is 0 Å². The number of carbonyl (C=O) groups excluding carboxylic acids is 3. The summed E-state index contributed by atoms with van der Waals surface area (Å²) in [6, 6.07) is 12.1. The highest BCUT2D eigenvalue weighted by molar-refractivity contribution is 5.93. The van der Waals surface area contributed by atoms with Crippen LogP contribution in [0.25, 0.3) is 0 Å². The number of nitrogens with one attached hydrogen (secondary N) is 2. The minimum absolute atomic E-state index is 0.120. The Morgan fingerprint density at radius 1 is 1.05 bits per heavy atom. The van der Waals surface area contributed by atoms with E-state index in [2.05, 4.69) is 10.6 Å². The minimum atomic E-state index is -0.854. The quantitative estimate of drug-likeness (QED) is 0.434. The van der Waals surface area contributed by atoms with E-state index in [9.17, 15) is 19.5 Å². The predicted molar refractivity (Wildman–Crippen MR) is 147 cm³/mol. The number of hydrogen-bond acceptors (Lipinski definition) is 7. The van der Waals surface area contributed by atoms with Crippen molar-refractivity contribution < 1.29 is 24.2 Å². The molecule has 1 aliphatic carbocycles. The summed E-state index contributed by atoms with van der Waals surface area (Å²) >= 11 is 0. The van der Waals surface area contributed by atoms with Crippen LogP contribution < -0.4 is 21.2 Å². The third-order valence-electron chi connectivity index (χ3n) is 7.50. The average molecular weight is 538 g/mol. The molecule has 4 rings (SSSR count). The minimum Gasteiger partial charge on any atom is -0.508 e. The molecule has 2 aromatic rings. The van der Waals surface area contributed by atoms with Gasteiger partial charge >= 0.3 is 0 Å². The number of para-hydroxylation sites is 1. The zero-order valence-electron chi connectivity index (χ0n) is 22.6. The summed E-state index contributed by atoms with van der Waals surface area (Å²) in [5.41, 5.74) is 1.81. The molecule has 1 heterocycles. The fraction of sp³-hybridized carbons (Fsp3) is 0.483. The van der Waals surface area contributed by atoms with Crippen molar-refractivity contribution in [3.63, 3.8) is 0 Å². The zero-order chi connectivity index (χ0) is 27.9. The number of rotatable bonds is 3. The van der Waals surface area contributed by atoms with Crippen LogP contribution in [0.2, 0.25) is 0 Å². The molecule has 10 heteroatoms. The van der Waals surface area contributed by atoms with E-state index in [4.69, 9.17) is 10.6 Å². The normalized spacial score (nSPS) is 24.5. The zero-order valence-corrected chi connectivity index (χ0v) is 22.6. The number of carbonyl (C=O) groups is 3. The Labute approximate surface area is 229 Å². The maximum Gasteiger partial charge on any atom is 0.243 e. The van der Waals surface area contributed by atoms with Crippen molar-refractivity contribution in [1.29, 1.82) is 0 Å². The first-order chi connectivity index (χ1) is 18.7. The lowest BCUT2D eigenvalue weighted by molar-refractivity contribution is -0.144. The summed E-state index contributed by atoms with van der Waals surface area (Å²) in [6.45, 7) is 2.74. The maximum atomic E-state index is 13.5. The Morgan fingerprint density at radius 3 is 2.49 bits per heavy atom. The first-order valence-electron chi connectivity index (χ1n) is 13.6. The smallest absolute Gasteiger partial charge is 0.243 e. The van der Waals surface area contributed by atoms with E-state index in [0.717, 1.165) is 29.7 Å². The Balaban J connectivity index is 1.57. The van der Waals surface area contributed by atoms with Gasteiger partial charge in [-0.15, -0.1) is 0 Å². The van der Waals surface area contributed by atoms with Gasteiger partial charge in [-0.05, 0) is 67.9 Å². The number of likely N-dealkylation sites (N-methyl/N-ethyl adjacent to an activating group) is 1. The van der Waals surface area contributed by atoms with Gasteiger partial charge in [0.05, 0.1) is 0 Å². The molecule has 3 atom stereocenters. The van der Waals surface area contributed by atoms with Gasteiger partial charge in [0.2, 0.25) is 17.7 Å². The van der Waals surface area contributed by atoms with Gasteiger partial charge in [0, 0.05) is 26.6 Å². The molecule has 0 spiro atoms. The van der Waals surface area contributed by atoms with Crippen LogP contribution in [0.4, 0.5) is 0 Å². The number of phenols is 1. The monoisotopic (exact) mass is 537 g/mol. The summed E-state index contributed by atoms with van der Waals surface area (Å²) in [7, 11) is 1.59. The maximum absolute atomic E-state index is 13.5. The first kappa shape index (κ1) is 28.4. The van der Waals surface area contributed by atoms with Gasteiger partial charge in [0.15, 0.2) is 0 Å². The number of benzene rings is 2. The summed E-state index contributed by atoms with van der Waals surface area (Å²) in [6.07, 6.45) is 3.42. The van der Waals surface area contributed by atoms with E-state index in [1.165, 1.54) is 9.91 Å². The highest BCUT2D eigenvalue weighted by atomic mass is 16.5. The van der Waals surface area contributed by atoms with E-state index in [1.54, 1.807) is 38.2 Å². The van der Waals surface area contributed by atoms with Crippen LogP contribution in [0.15, 0.2) is 48.5 Å². The van der Waals surface area contributed by atoms with Crippen molar-refractivity contribution in [2.24, 2.45) is 11.8 Å². The van der Waals surface area contributed by atoms with Crippen LogP contribution in [0, 0.1) is 5.92 Å². The number of amides is 3. The Bertz CT molecular complexity index is 1150. The van der Waals surface area contributed by atoms with Crippen molar-refractivity contribution in [3.8, 4) is 11.5 Å². The van der Waals surface area contributed by atoms with Gasteiger partial charge in [-0.3, -0.25) is 20.2 Å². The van der Waals surface area contributed by atoms with Crippen LogP contribution in [-0.2, 0) is 27.2 Å². The molecule has 39 heavy (non-hydrogen) atoms. The number of aromatic hydroxyl groups is 1. The van der Waals surface area contributed by atoms with Crippen molar-refractivity contribution in [2.45, 2.75) is 57.2 Å². The van der Waals surface area contributed by atoms with Crippen molar-refractivity contribution in [2.75, 3.05) is 26.7 Å². The number of fused-ring (bicyclic) bond motifs is 1. The van der Waals surface area contributed by atoms with Gasteiger partial charge in [0.1, 0.15) is 36.2 Å². The molecule has 210 valence electrons. The molecule has 0 saturated heterocycles. The molecule has 2 aromatic carbocycles. The molecule has 2 aliphatic rings. The molecule has 10 nitrogen and oxygen atoms in total. The third kappa shape index (κ3) is 7.48. The Hall–Kier alpha value is -3.63. The van der Waals surface area contributed by atoms with Crippen LogP contribution in [0.5, 0.6) is 11.5 Å². The Morgan fingerprint density at radius 2 is 1.77 bits per heavy atom. The second kappa shape index (κ2) is 12.9. The lowest BCUT2D eigenvalue weighted by atomic mass is 10.0. The van der Waals surface area contributed by atoms with Crippen LogP contribution >= 0.6 is 0 Å². The van der Waals surface area contributed by atoms with E-state index in [1.807, 2.05) is 24.3 Å². The SMILES string of the molecule is C[C@@H]1C(=O)N[C@H](Cc2ccc(O)cc2)C(=O)NCCCc2ccccc2OCCN(N)[C@@H](C2CC2)C(=O)N1C. The first-order valence-corrected chi connectivity index (χ1v) is 13.6. The second-order valence-electron chi connectivity index (χ2n) is 10.4. The lowest BCUT2D eigenvalue weighted by Gasteiger charge is -2.33. The molecule has 5 N–H and O–H groups in total. The molecule has 0 aromatic heterocycles. The molecule has 0 bridgehead atoms. The van der Waals surface area contributed by atoms with Crippen LogP contribution in [-0.4, -0.2) is 77.6 Å². The van der Waals surface area contributed by atoms with Crippen LogP contribution in [0.3, 0.4) is 0 Å². The highest BCUT2D eigenvalue weighted by Crippen LogP contribution is 2.35. The largest absolute Gasteiger partial charge is 0.508 e. The number of aryl methyl sites for hydroxylation is 1. The van der Waals surface area contributed by atoms with Gasteiger partial charge in [-0.1, -0.05) is 30.3 Å².